The minimum atomic E-state index is 0.0161. The van der Waals surface area contributed by atoms with Gasteiger partial charge in [0.05, 0.1) is 10.9 Å². The number of aromatic amines is 1. The van der Waals surface area contributed by atoms with Crippen LogP contribution >= 0.6 is 11.3 Å². The third kappa shape index (κ3) is 3.08. The van der Waals surface area contributed by atoms with Gasteiger partial charge in [0.2, 0.25) is 5.88 Å². The molecule has 4 aromatic rings. The van der Waals surface area contributed by atoms with Gasteiger partial charge in [0.1, 0.15) is 11.2 Å². The maximum atomic E-state index is 10.3. The summed E-state index contributed by atoms with van der Waals surface area (Å²) in [5, 5.41) is 21.0. The summed E-state index contributed by atoms with van der Waals surface area (Å²) in [5.41, 5.74) is 2.91. The predicted octanol–water partition coefficient (Wildman–Crippen LogP) is 6.83. The number of H-pyrrole nitrogens is 1. The normalized spacial score (nSPS) is 17.2. The Bertz CT molecular complexity index is 1270. The average Bonchev–Trinajstić information content (AvgIpc) is 3.28. The summed E-state index contributed by atoms with van der Waals surface area (Å²) in [6, 6.07) is 7.66. The number of rotatable bonds is 4. The molecule has 6 nitrogen and oxygen atoms in total. The lowest BCUT2D eigenvalue weighted by atomic mass is 9.69. The number of azo groups is 1. The Morgan fingerprint density at radius 2 is 2.07 bits per heavy atom. The van der Waals surface area contributed by atoms with Crippen LogP contribution in [0.1, 0.15) is 44.1 Å². The monoisotopic (exact) mass is 419 g/mol. The number of thiophene rings is 1. The number of aryl methyl sites for hydroxylation is 1. The molecule has 0 saturated heterocycles. The molecule has 1 atom stereocenters. The van der Waals surface area contributed by atoms with Crippen molar-refractivity contribution < 1.29 is 5.11 Å². The highest BCUT2D eigenvalue weighted by Gasteiger charge is 2.33. The van der Waals surface area contributed by atoms with E-state index in [4.69, 9.17) is 0 Å². The molecule has 0 spiro atoms. The number of hydrogen-bond acceptors (Lipinski definition) is 6. The van der Waals surface area contributed by atoms with Gasteiger partial charge in [-0.3, -0.25) is 0 Å². The summed E-state index contributed by atoms with van der Waals surface area (Å²) in [4.78, 5) is 14.3. The van der Waals surface area contributed by atoms with E-state index in [0.717, 1.165) is 40.4 Å². The molecular weight excluding hydrogens is 394 g/mol. The lowest BCUT2D eigenvalue weighted by molar-refractivity contribution is 0.184. The van der Waals surface area contributed by atoms with E-state index in [1.165, 1.54) is 16.9 Å². The first-order chi connectivity index (χ1) is 14.5. The molecule has 0 amide bonds. The number of aromatic hydroxyl groups is 1. The fraction of sp³-hybridized carbons (Fsp3) is 0.391. The standard InChI is InChI=1S/C23H25N5OS/c1-4-23(2,3)13-9-10-17-15(11-13)18-20(24-12-25-22(18)30-17)28-27-19-14-7-5-6-8-16(14)26-21(19)29/h5-8,12-13,26,29H,4,9-11H2,1-3H3/t13-/m1/s1. The Hall–Kier alpha value is -2.80. The molecule has 1 aliphatic rings. The van der Waals surface area contributed by atoms with E-state index in [1.54, 1.807) is 17.7 Å². The fourth-order valence-corrected chi connectivity index (χ4v) is 5.61. The van der Waals surface area contributed by atoms with Crippen LogP contribution in [-0.2, 0) is 12.8 Å². The number of aromatic nitrogens is 3. The van der Waals surface area contributed by atoms with Gasteiger partial charge in [-0.2, -0.15) is 0 Å². The third-order valence-corrected chi connectivity index (χ3v) is 7.94. The van der Waals surface area contributed by atoms with Gasteiger partial charge < -0.3 is 10.1 Å². The van der Waals surface area contributed by atoms with Gasteiger partial charge >= 0.3 is 0 Å². The minimum absolute atomic E-state index is 0.0161. The molecule has 154 valence electrons. The summed E-state index contributed by atoms with van der Waals surface area (Å²) in [6.07, 6.45) is 6.06. The van der Waals surface area contributed by atoms with E-state index in [-0.39, 0.29) is 5.88 Å². The van der Waals surface area contributed by atoms with Gasteiger partial charge in [0.15, 0.2) is 11.5 Å². The highest BCUT2D eigenvalue weighted by atomic mass is 32.1. The van der Waals surface area contributed by atoms with Crippen LogP contribution in [0.15, 0.2) is 40.8 Å². The molecule has 0 bridgehead atoms. The van der Waals surface area contributed by atoms with Crippen molar-refractivity contribution in [2.45, 2.75) is 46.5 Å². The summed E-state index contributed by atoms with van der Waals surface area (Å²) in [7, 11) is 0. The van der Waals surface area contributed by atoms with E-state index < -0.39 is 0 Å². The van der Waals surface area contributed by atoms with Crippen LogP contribution in [0.4, 0.5) is 11.5 Å². The van der Waals surface area contributed by atoms with E-state index >= 15 is 0 Å². The molecule has 1 aromatic carbocycles. The van der Waals surface area contributed by atoms with E-state index in [1.807, 2.05) is 24.3 Å². The molecule has 0 aliphatic heterocycles. The van der Waals surface area contributed by atoms with Crippen molar-refractivity contribution >= 4 is 44.0 Å². The number of hydrogen-bond donors (Lipinski definition) is 2. The molecule has 1 aliphatic carbocycles. The zero-order chi connectivity index (χ0) is 20.9. The van der Waals surface area contributed by atoms with Gasteiger partial charge in [-0.1, -0.05) is 45.4 Å². The van der Waals surface area contributed by atoms with Crippen LogP contribution in [0, 0.1) is 11.3 Å². The van der Waals surface area contributed by atoms with Gasteiger partial charge in [-0.25, -0.2) is 9.97 Å². The molecule has 0 unspecified atom stereocenters. The molecule has 2 N–H and O–H groups in total. The van der Waals surface area contributed by atoms with Gasteiger partial charge in [0, 0.05) is 10.3 Å². The highest BCUT2D eigenvalue weighted by molar-refractivity contribution is 7.19. The van der Waals surface area contributed by atoms with E-state index in [9.17, 15) is 5.11 Å². The van der Waals surface area contributed by atoms with Gasteiger partial charge in [-0.05, 0) is 42.2 Å². The number of para-hydroxylation sites is 1. The molecule has 3 heterocycles. The zero-order valence-electron chi connectivity index (χ0n) is 17.4. The quantitative estimate of drug-likeness (QED) is 0.355. The number of nitrogens with zero attached hydrogens (tertiary/aromatic N) is 4. The molecule has 30 heavy (non-hydrogen) atoms. The fourth-order valence-electron chi connectivity index (χ4n) is 4.43. The van der Waals surface area contributed by atoms with Crippen molar-refractivity contribution in [2.75, 3.05) is 0 Å². The lowest BCUT2D eigenvalue weighted by Gasteiger charge is -2.36. The maximum Gasteiger partial charge on any atom is 0.218 e. The molecule has 0 saturated carbocycles. The molecule has 0 radical (unpaired) electrons. The van der Waals surface area contributed by atoms with Crippen molar-refractivity contribution in [3.05, 3.63) is 41.0 Å². The second-order valence-electron chi connectivity index (χ2n) is 8.73. The smallest absolute Gasteiger partial charge is 0.218 e. The van der Waals surface area contributed by atoms with Crippen molar-refractivity contribution in [2.24, 2.45) is 21.6 Å². The molecular formula is C23H25N5OS. The summed E-state index contributed by atoms with van der Waals surface area (Å²) in [5.74, 6) is 1.23. The Morgan fingerprint density at radius 3 is 2.90 bits per heavy atom. The lowest BCUT2D eigenvalue weighted by Crippen LogP contribution is -2.28. The van der Waals surface area contributed by atoms with Crippen LogP contribution in [-0.4, -0.2) is 20.1 Å². The number of fused-ring (bicyclic) bond motifs is 4. The van der Waals surface area contributed by atoms with Crippen molar-refractivity contribution in [3.8, 4) is 5.88 Å². The minimum Gasteiger partial charge on any atom is -0.493 e. The van der Waals surface area contributed by atoms with Crippen LogP contribution in [0.25, 0.3) is 21.1 Å². The van der Waals surface area contributed by atoms with Crippen LogP contribution < -0.4 is 0 Å². The molecule has 7 heteroatoms. The van der Waals surface area contributed by atoms with Gasteiger partial charge in [-0.15, -0.1) is 21.6 Å². The predicted molar refractivity (Wildman–Crippen MR) is 121 cm³/mol. The molecule has 3 aromatic heterocycles. The summed E-state index contributed by atoms with van der Waals surface area (Å²) >= 11 is 1.75. The Labute approximate surface area is 179 Å². The first-order valence-corrected chi connectivity index (χ1v) is 11.3. The van der Waals surface area contributed by atoms with Crippen molar-refractivity contribution in [1.29, 1.82) is 0 Å². The van der Waals surface area contributed by atoms with Crippen LogP contribution in [0.2, 0.25) is 0 Å². The Kier molecular flexibility index (Phi) is 4.58. The second-order valence-corrected chi connectivity index (χ2v) is 9.81. The Morgan fingerprint density at radius 1 is 1.23 bits per heavy atom. The number of nitrogens with one attached hydrogen (secondary N) is 1. The number of benzene rings is 1. The largest absolute Gasteiger partial charge is 0.493 e. The van der Waals surface area contributed by atoms with Crippen molar-refractivity contribution in [3.63, 3.8) is 0 Å². The van der Waals surface area contributed by atoms with Crippen LogP contribution in [0.3, 0.4) is 0 Å². The van der Waals surface area contributed by atoms with Crippen molar-refractivity contribution in [1.82, 2.24) is 15.0 Å². The first-order valence-electron chi connectivity index (χ1n) is 10.4. The topological polar surface area (TPSA) is 86.5 Å². The summed E-state index contributed by atoms with van der Waals surface area (Å²) in [6.45, 7) is 7.01. The van der Waals surface area contributed by atoms with E-state index in [2.05, 4.69) is 46.0 Å². The van der Waals surface area contributed by atoms with Gasteiger partial charge in [0.25, 0.3) is 0 Å². The SMILES string of the molecule is CCC(C)(C)[C@@H]1CCc2sc3ncnc(N=Nc4c(O)[nH]c5ccccc45)c3c2C1. The maximum absolute atomic E-state index is 10.3. The second kappa shape index (κ2) is 7.16. The summed E-state index contributed by atoms with van der Waals surface area (Å²) < 4.78 is 0. The highest BCUT2D eigenvalue weighted by Crippen LogP contribution is 2.46. The van der Waals surface area contributed by atoms with Crippen LogP contribution in [0.5, 0.6) is 5.88 Å². The average molecular weight is 420 g/mol. The zero-order valence-corrected chi connectivity index (χ0v) is 18.3. The molecule has 0 fully saturated rings. The van der Waals surface area contributed by atoms with E-state index in [0.29, 0.717) is 22.8 Å². The third-order valence-electron chi connectivity index (χ3n) is 6.74. The molecule has 5 rings (SSSR count). The first kappa shape index (κ1) is 19.2. The Balaban J connectivity index is 1.59.